The molecule has 1 aromatic carbocycles. The molecule has 0 heterocycles. The first-order valence-electron chi connectivity index (χ1n) is 6.83. The molecule has 0 saturated carbocycles. The average molecular weight is 247 g/mol. The molecule has 1 rings (SSSR count). The molecular weight excluding hydrogens is 222 g/mol. The minimum absolute atomic E-state index is 0.0229. The van der Waals surface area contributed by atoms with Gasteiger partial charge in [0.05, 0.1) is 0 Å². The van der Waals surface area contributed by atoms with Crippen LogP contribution in [-0.4, -0.2) is 12.5 Å². The van der Waals surface area contributed by atoms with Crippen molar-refractivity contribution in [3.8, 4) is 0 Å². The summed E-state index contributed by atoms with van der Waals surface area (Å²) in [6.07, 6.45) is 1.81. The summed E-state index contributed by atoms with van der Waals surface area (Å²) in [7, 11) is 0. The molecular formula is C16H25NO. The van der Waals surface area contributed by atoms with E-state index in [-0.39, 0.29) is 17.2 Å². The molecule has 2 heteroatoms. The zero-order valence-electron chi connectivity index (χ0n) is 12.0. The van der Waals surface area contributed by atoms with E-state index in [1.807, 2.05) is 25.1 Å². The van der Waals surface area contributed by atoms with Gasteiger partial charge in [-0.3, -0.25) is 4.79 Å². The molecule has 0 unspecified atom stereocenters. The maximum absolute atomic E-state index is 12.2. The molecule has 1 amide bonds. The third kappa shape index (κ3) is 3.86. The molecule has 1 aromatic rings. The van der Waals surface area contributed by atoms with Crippen molar-refractivity contribution < 1.29 is 4.79 Å². The quantitative estimate of drug-likeness (QED) is 0.820. The van der Waals surface area contributed by atoms with Crippen molar-refractivity contribution in [1.82, 2.24) is 5.32 Å². The second-order valence-corrected chi connectivity index (χ2v) is 5.48. The Hall–Kier alpha value is -1.31. The highest BCUT2D eigenvalue weighted by atomic mass is 16.1. The fraction of sp³-hybridized carbons (Fsp3) is 0.562. The molecule has 0 radical (unpaired) electrons. The van der Waals surface area contributed by atoms with Gasteiger partial charge < -0.3 is 5.32 Å². The number of hydrogen-bond donors (Lipinski definition) is 1. The van der Waals surface area contributed by atoms with Crippen molar-refractivity contribution in [1.29, 1.82) is 0 Å². The van der Waals surface area contributed by atoms with Gasteiger partial charge in [0.2, 0.25) is 5.91 Å². The Morgan fingerprint density at radius 1 is 1.22 bits per heavy atom. The van der Waals surface area contributed by atoms with Crippen LogP contribution in [0.2, 0.25) is 0 Å². The van der Waals surface area contributed by atoms with E-state index in [0.29, 0.717) is 6.54 Å². The molecule has 100 valence electrons. The second-order valence-electron chi connectivity index (χ2n) is 5.48. The normalized spacial score (nSPS) is 13.1. The van der Waals surface area contributed by atoms with E-state index >= 15 is 0 Å². The van der Waals surface area contributed by atoms with Gasteiger partial charge in [-0.25, -0.2) is 0 Å². The van der Waals surface area contributed by atoms with E-state index < -0.39 is 0 Å². The summed E-state index contributed by atoms with van der Waals surface area (Å²) in [4.78, 5) is 12.2. The van der Waals surface area contributed by atoms with Crippen LogP contribution in [0.5, 0.6) is 0 Å². The minimum atomic E-state index is 0.0229. The standard InChI is InChI=1S/C16H25NO/c1-5-16(3,4)14(15(18)17-6-2)12-13-10-8-7-9-11-13/h7-11,14H,5-6,12H2,1-4H3,(H,17,18)/t14-/m1/s1. The van der Waals surface area contributed by atoms with E-state index in [9.17, 15) is 4.79 Å². The molecule has 0 spiro atoms. The largest absolute Gasteiger partial charge is 0.356 e. The first-order valence-corrected chi connectivity index (χ1v) is 6.83. The topological polar surface area (TPSA) is 29.1 Å². The first kappa shape index (κ1) is 14.7. The molecule has 0 saturated heterocycles. The molecule has 0 aliphatic carbocycles. The molecule has 0 fully saturated rings. The van der Waals surface area contributed by atoms with E-state index in [2.05, 4.69) is 38.2 Å². The Bertz CT molecular complexity index is 370. The van der Waals surface area contributed by atoms with Crippen LogP contribution in [0.15, 0.2) is 30.3 Å². The Morgan fingerprint density at radius 3 is 2.33 bits per heavy atom. The Morgan fingerprint density at radius 2 is 1.83 bits per heavy atom. The summed E-state index contributed by atoms with van der Waals surface area (Å²) >= 11 is 0. The number of benzene rings is 1. The predicted octanol–water partition coefficient (Wildman–Crippen LogP) is 3.42. The van der Waals surface area contributed by atoms with Crippen molar-refractivity contribution in [3.63, 3.8) is 0 Å². The molecule has 0 aromatic heterocycles. The predicted molar refractivity (Wildman–Crippen MR) is 76.4 cm³/mol. The van der Waals surface area contributed by atoms with Gasteiger partial charge >= 0.3 is 0 Å². The summed E-state index contributed by atoms with van der Waals surface area (Å²) in [6.45, 7) is 9.17. The van der Waals surface area contributed by atoms with Crippen LogP contribution < -0.4 is 5.32 Å². The van der Waals surface area contributed by atoms with Crippen LogP contribution in [-0.2, 0) is 11.2 Å². The third-order valence-electron chi connectivity index (χ3n) is 3.80. The van der Waals surface area contributed by atoms with Crippen molar-refractivity contribution in [2.24, 2.45) is 11.3 Å². The molecule has 2 nitrogen and oxygen atoms in total. The molecule has 1 N–H and O–H groups in total. The van der Waals surface area contributed by atoms with Crippen LogP contribution in [0.4, 0.5) is 0 Å². The highest BCUT2D eigenvalue weighted by Gasteiger charge is 2.33. The van der Waals surface area contributed by atoms with Gasteiger partial charge in [0.25, 0.3) is 0 Å². The minimum Gasteiger partial charge on any atom is -0.356 e. The Kier molecular flexibility index (Phi) is 5.39. The summed E-state index contributed by atoms with van der Waals surface area (Å²) in [5, 5.41) is 2.97. The van der Waals surface area contributed by atoms with E-state index in [1.165, 1.54) is 5.56 Å². The summed E-state index contributed by atoms with van der Waals surface area (Å²) in [5.74, 6) is 0.207. The zero-order valence-corrected chi connectivity index (χ0v) is 12.0. The lowest BCUT2D eigenvalue weighted by Crippen LogP contribution is -2.40. The van der Waals surface area contributed by atoms with Gasteiger partial charge in [-0.1, -0.05) is 57.5 Å². The zero-order chi connectivity index (χ0) is 13.6. The van der Waals surface area contributed by atoms with Crippen LogP contribution in [0, 0.1) is 11.3 Å². The van der Waals surface area contributed by atoms with Gasteiger partial charge in [-0.05, 0) is 24.3 Å². The lowest BCUT2D eigenvalue weighted by atomic mass is 9.73. The molecule has 1 atom stereocenters. The van der Waals surface area contributed by atoms with Crippen LogP contribution in [0.1, 0.15) is 39.7 Å². The number of rotatable bonds is 6. The smallest absolute Gasteiger partial charge is 0.223 e. The highest BCUT2D eigenvalue weighted by molar-refractivity contribution is 5.79. The second kappa shape index (κ2) is 6.58. The van der Waals surface area contributed by atoms with E-state index in [0.717, 1.165) is 12.8 Å². The number of nitrogens with one attached hydrogen (secondary N) is 1. The fourth-order valence-electron chi connectivity index (χ4n) is 2.12. The highest BCUT2D eigenvalue weighted by Crippen LogP contribution is 2.33. The van der Waals surface area contributed by atoms with Gasteiger partial charge in [-0.2, -0.15) is 0 Å². The first-order chi connectivity index (χ1) is 8.51. The van der Waals surface area contributed by atoms with Gasteiger partial charge in [0, 0.05) is 12.5 Å². The van der Waals surface area contributed by atoms with Crippen molar-refractivity contribution >= 4 is 5.91 Å². The summed E-state index contributed by atoms with van der Waals surface area (Å²) in [5.41, 5.74) is 1.25. The maximum Gasteiger partial charge on any atom is 0.223 e. The lowest BCUT2D eigenvalue weighted by Gasteiger charge is -2.32. The van der Waals surface area contributed by atoms with Gasteiger partial charge in [0.1, 0.15) is 0 Å². The molecule has 0 aliphatic heterocycles. The Labute approximate surface area is 111 Å². The van der Waals surface area contributed by atoms with E-state index in [4.69, 9.17) is 0 Å². The molecule has 18 heavy (non-hydrogen) atoms. The average Bonchev–Trinajstić information content (AvgIpc) is 2.37. The Balaban J connectivity index is 2.88. The number of carbonyl (C=O) groups excluding carboxylic acids is 1. The molecule has 0 aliphatic rings. The summed E-state index contributed by atoms with van der Waals surface area (Å²) < 4.78 is 0. The van der Waals surface area contributed by atoms with Crippen LogP contribution in [0.25, 0.3) is 0 Å². The SMILES string of the molecule is CCNC(=O)[C@@H](Cc1ccccc1)C(C)(C)CC. The number of hydrogen-bond acceptors (Lipinski definition) is 1. The van der Waals surface area contributed by atoms with Crippen molar-refractivity contribution in [3.05, 3.63) is 35.9 Å². The number of amides is 1. The van der Waals surface area contributed by atoms with Crippen molar-refractivity contribution in [2.75, 3.05) is 6.54 Å². The third-order valence-corrected chi connectivity index (χ3v) is 3.80. The van der Waals surface area contributed by atoms with Crippen LogP contribution in [0.3, 0.4) is 0 Å². The fourth-order valence-corrected chi connectivity index (χ4v) is 2.12. The monoisotopic (exact) mass is 247 g/mol. The lowest BCUT2D eigenvalue weighted by molar-refractivity contribution is -0.128. The van der Waals surface area contributed by atoms with Gasteiger partial charge in [0.15, 0.2) is 0 Å². The molecule has 0 bridgehead atoms. The maximum atomic E-state index is 12.2. The van der Waals surface area contributed by atoms with Gasteiger partial charge in [-0.15, -0.1) is 0 Å². The van der Waals surface area contributed by atoms with E-state index in [1.54, 1.807) is 0 Å². The van der Waals surface area contributed by atoms with Crippen molar-refractivity contribution in [2.45, 2.75) is 40.5 Å². The van der Waals surface area contributed by atoms with Crippen LogP contribution >= 0.6 is 0 Å². The number of carbonyl (C=O) groups is 1. The summed E-state index contributed by atoms with van der Waals surface area (Å²) in [6, 6.07) is 10.3.